The number of carbonyl (C=O) groups excluding carboxylic acids is 1. The van der Waals surface area contributed by atoms with Crippen LogP contribution in [0, 0.1) is 11.8 Å². The van der Waals surface area contributed by atoms with Gasteiger partial charge in [-0.2, -0.15) is 0 Å². The van der Waals surface area contributed by atoms with Crippen LogP contribution in [0.1, 0.15) is 43.7 Å². The van der Waals surface area contributed by atoms with Crippen LogP contribution in [-0.4, -0.2) is 62.0 Å². The van der Waals surface area contributed by atoms with E-state index in [0.717, 1.165) is 43.1 Å². The Balaban J connectivity index is 0.00000240. The fraction of sp³-hybridized carbons (Fsp3) is 0.636. The first-order chi connectivity index (χ1) is 13.6. The summed E-state index contributed by atoms with van der Waals surface area (Å²) in [5, 5.41) is 3.68. The molecule has 1 N–H and O–H groups in total. The van der Waals surface area contributed by atoms with E-state index in [1.54, 1.807) is 19.0 Å². The number of aliphatic imine (C=N–C) groups is 1. The molecule has 0 radical (unpaired) electrons. The van der Waals surface area contributed by atoms with Crippen molar-refractivity contribution in [1.82, 2.24) is 15.1 Å². The Morgan fingerprint density at radius 1 is 1.17 bits per heavy atom. The molecule has 1 amide bonds. The van der Waals surface area contributed by atoms with Crippen molar-refractivity contribution >= 4 is 35.8 Å². The number of benzene rings is 1. The predicted octanol–water partition coefficient (Wildman–Crippen LogP) is 3.28. The molecule has 0 spiro atoms. The van der Waals surface area contributed by atoms with Crippen molar-refractivity contribution in [3.05, 3.63) is 29.8 Å². The molecule has 2 heterocycles. The maximum absolute atomic E-state index is 12.2. The number of nitrogens with one attached hydrogen (secondary N) is 1. The lowest BCUT2D eigenvalue weighted by Gasteiger charge is -2.31. The van der Waals surface area contributed by atoms with Crippen molar-refractivity contribution in [2.24, 2.45) is 16.8 Å². The lowest BCUT2D eigenvalue weighted by atomic mass is 9.82. The summed E-state index contributed by atoms with van der Waals surface area (Å²) in [6.07, 6.45) is 6.25. The van der Waals surface area contributed by atoms with E-state index in [4.69, 9.17) is 9.73 Å². The third kappa shape index (κ3) is 5.16. The van der Waals surface area contributed by atoms with Gasteiger partial charge in [0.25, 0.3) is 0 Å². The fourth-order valence-corrected chi connectivity index (χ4v) is 4.75. The summed E-state index contributed by atoms with van der Waals surface area (Å²) >= 11 is 0. The number of fused-ring (bicyclic) bond motifs is 2. The van der Waals surface area contributed by atoms with Crippen molar-refractivity contribution in [3.8, 4) is 5.75 Å². The molecule has 4 rings (SSSR count). The smallest absolute Gasteiger partial charge is 0.243 e. The van der Waals surface area contributed by atoms with Crippen LogP contribution in [0.4, 0.5) is 0 Å². The van der Waals surface area contributed by atoms with E-state index in [1.165, 1.54) is 31.2 Å². The SMILES string of the molecule is CN(C)C(=O)CN=C(NC1CCOc2ccccc21)N1CC2CCCCC2C1.I. The molecule has 3 unspecified atom stereocenters. The molecule has 6 nitrogen and oxygen atoms in total. The van der Waals surface area contributed by atoms with Crippen LogP contribution >= 0.6 is 24.0 Å². The summed E-state index contributed by atoms with van der Waals surface area (Å²) in [7, 11) is 3.56. The highest BCUT2D eigenvalue weighted by Crippen LogP contribution is 2.37. The molecule has 0 bridgehead atoms. The highest BCUT2D eigenvalue weighted by Gasteiger charge is 2.36. The number of nitrogens with zero attached hydrogens (tertiary/aromatic N) is 3. The van der Waals surface area contributed by atoms with Crippen molar-refractivity contribution < 1.29 is 9.53 Å². The topological polar surface area (TPSA) is 57.2 Å². The summed E-state index contributed by atoms with van der Waals surface area (Å²) in [6, 6.07) is 8.38. The molecular weight excluding hydrogens is 479 g/mol. The van der Waals surface area contributed by atoms with Gasteiger partial charge in [-0.3, -0.25) is 4.79 Å². The Bertz CT molecular complexity index is 725. The standard InChI is InChI=1S/C22H32N4O2.HI/c1-25(2)21(27)13-23-22(26-14-16-7-3-4-8-17(16)15-26)24-19-11-12-28-20-10-6-5-9-18(19)20;/h5-6,9-10,16-17,19H,3-4,7-8,11-15H2,1-2H3,(H,23,24);1H. The monoisotopic (exact) mass is 512 g/mol. The molecule has 1 saturated carbocycles. The molecule has 1 aromatic carbocycles. The van der Waals surface area contributed by atoms with Crippen LogP contribution in [0.3, 0.4) is 0 Å². The molecule has 7 heteroatoms. The number of para-hydroxylation sites is 1. The lowest BCUT2D eigenvalue weighted by Crippen LogP contribution is -2.44. The summed E-state index contributed by atoms with van der Waals surface area (Å²) in [4.78, 5) is 20.9. The zero-order chi connectivity index (χ0) is 19.5. The Kier molecular flexibility index (Phi) is 7.65. The number of likely N-dealkylation sites (N-methyl/N-ethyl adjacent to an activating group) is 1. The summed E-state index contributed by atoms with van der Waals surface area (Å²) in [6.45, 7) is 2.99. The van der Waals surface area contributed by atoms with Crippen molar-refractivity contribution in [2.75, 3.05) is 40.3 Å². The van der Waals surface area contributed by atoms with Gasteiger partial charge in [0.05, 0.1) is 12.6 Å². The van der Waals surface area contributed by atoms with Crippen molar-refractivity contribution in [3.63, 3.8) is 0 Å². The van der Waals surface area contributed by atoms with Crippen LogP contribution < -0.4 is 10.1 Å². The van der Waals surface area contributed by atoms with Gasteiger partial charge in [-0.25, -0.2) is 4.99 Å². The Morgan fingerprint density at radius 3 is 2.55 bits per heavy atom. The zero-order valence-electron chi connectivity index (χ0n) is 17.5. The number of halogens is 1. The average Bonchev–Trinajstić information content (AvgIpc) is 3.15. The normalized spacial score (nSPS) is 25.9. The molecular formula is C22H33IN4O2. The van der Waals surface area contributed by atoms with E-state index in [-0.39, 0.29) is 42.5 Å². The number of hydrogen-bond donors (Lipinski definition) is 1. The summed E-state index contributed by atoms with van der Waals surface area (Å²) < 4.78 is 5.81. The number of guanidine groups is 1. The molecule has 1 aliphatic carbocycles. The van der Waals surface area contributed by atoms with E-state index in [9.17, 15) is 4.79 Å². The Labute approximate surface area is 191 Å². The molecule has 3 aliphatic rings. The molecule has 29 heavy (non-hydrogen) atoms. The molecule has 1 aromatic rings. The molecule has 160 valence electrons. The van der Waals surface area contributed by atoms with E-state index in [1.807, 2.05) is 12.1 Å². The second-order valence-corrected chi connectivity index (χ2v) is 8.51. The van der Waals surface area contributed by atoms with Crippen molar-refractivity contribution in [1.29, 1.82) is 0 Å². The second kappa shape index (κ2) is 10.00. The fourth-order valence-electron chi connectivity index (χ4n) is 4.75. The molecule has 3 atom stereocenters. The van der Waals surface area contributed by atoms with Crippen LogP contribution in [0.25, 0.3) is 0 Å². The minimum atomic E-state index is 0. The van der Waals surface area contributed by atoms with Gasteiger partial charge in [-0.1, -0.05) is 31.0 Å². The summed E-state index contributed by atoms with van der Waals surface area (Å²) in [5.74, 6) is 3.40. The average molecular weight is 512 g/mol. The van der Waals surface area contributed by atoms with Gasteiger partial charge in [0, 0.05) is 39.2 Å². The van der Waals surface area contributed by atoms with Crippen LogP contribution in [0.5, 0.6) is 5.75 Å². The zero-order valence-corrected chi connectivity index (χ0v) is 19.8. The predicted molar refractivity (Wildman–Crippen MR) is 126 cm³/mol. The molecule has 2 aliphatic heterocycles. The molecule has 1 saturated heterocycles. The minimum Gasteiger partial charge on any atom is -0.493 e. The van der Waals surface area contributed by atoms with Crippen molar-refractivity contribution in [2.45, 2.75) is 38.1 Å². The largest absolute Gasteiger partial charge is 0.493 e. The third-order valence-electron chi connectivity index (χ3n) is 6.40. The third-order valence-corrected chi connectivity index (χ3v) is 6.40. The quantitative estimate of drug-likeness (QED) is 0.384. The maximum atomic E-state index is 12.2. The Morgan fingerprint density at radius 2 is 1.86 bits per heavy atom. The first-order valence-electron chi connectivity index (χ1n) is 10.6. The van der Waals surface area contributed by atoms with Gasteiger partial charge in [0.2, 0.25) is 5.91 Å². The first kappa shape index (κ1) is 22.2. The van der Waals surface area contributed by atoms with E-state index in [0.29, 0.717) is 6.61 Å². The van der Waals surface area contributed by atoms with Gasteiger partial charge in [-0.15, -0.1) is 24.0 Å². The second-order valence-electron chi connectivity index (χ2n) is 8.51. The maximum Gasteiger partial charge on any atom is 0.243 e. The van der Waals surface area contributed by atoms with Crippen LogP contribution in [-0.2, 0) is 4.79 Å². The first-order valence-corrected chi connectivity index (χ1v) is 10.6. The number of rotatable bonds is 3. The highest BCUT2D eigenvalue weighted by atomic mass is 127. The van der Waals surface area contributed by atoms with Crippen LogP contribution in [0.2, 0.25) is 0 Å². The minimum absolute atomic E-state index is 0. The summed E-state index contributed by atoms with van der Waals surface area (Å²) in [5.41, 5.74) is 1.18. The van der Waals surface area contributed by atoms with Crippen LogP contribution in [0.15, 0.2) is 29.3 Å². The number of ether oxygens (including phenoxy) is 1. The van der Waals surface area contributed by atoms with E-state index >= 15 is 0 Å². The Hall–Kier alpha value is -1.51. The number of likely N-dealkylation sites (tertiary alicyclic amines) is 1. The molecule has 0 aromatic heterocycles. The number of carbonyl (C=O) groups is 1. The lowest BCUT2D eigenvalue weighted by molar-refractivity contribution is -0.127. The molecule has 2 fully saturated rings. The number of amides is 1. The van der Waals surface area contributed by atoms with Gasteiger partial charge in [0.15, 0.2) is 5.96 Å². The van der Waals surface area contributed by atoms with E-state index < -0.39 is 0 Å². The van der Waals surface area contributed by atoms with Gasteiger partial charge in [0.1, 0.15) is 12.3 Å². The number of hydrogen-bond acceptors (Lipinski definition) is 3. The van der Waals surface area contributed by atoms with Gasteiger partial charge in [-0.05, 0) is 30.7 Å². The highest BCUT2D eigenvalue weighted by molar-refractivity contribution is 14.0. The van der Waals surface area contributed by atoms with E-state index in [2.05, 4.69) is 22.3 Å². The van der Waals surface area contributed by atoms with Gasteiger partial charge < -0.3 is 19.9 Å². The van der Waals surface area contributed by atoms with Gasteiger partial charge >= 0.3 is 0 Å².